The van der Waals surface area contributed by atoms with Crippen molar-refractivity contribution < 1.29 is 0 Å². The van der Waals surface area contributed by atoms with E-state index in [4.69, 9.17) is 5.10 Å². The maximum Gasteiger partial charge on any atom is 0.0684 e. The first kappa shape index (κ1) is 12.2. The number of likely N-dealkylation sites (tertiary alicyclic amines) is 1. The average Bonchev–Trinajstić information content (AvgIpc) is 3.09. The lowest BCUT2D eigenvalue weighted by Gasteiger charge is -2.29. The third-order valence-corrected chi connectivity index (χ3v) is 4.42. The van der Waals surface area contributed by atoms with Crippen LogP contribution >= 0.6 is 0 Å². The minimum atomic E-state index is 0.563. The molecule has 0 bridgehead atoms. The zero-order valence-electron chi connectivity index (χ0n) is 11.9. The standard InChI is InChI=1S/C15H25N3/c1-11(2)15-14(12-4-5-12)10-18(16-15)13-6-8-17(3)9-7-13/h10-13H,4-9H2,1-3H3. The van der Waals surface area contributed by atoms with Crippen molar-refractivity contribution in [2.24, 2.45) is 0 Å². The highest BCUT2D eigenvalue weighted by molar-refractivity contribution is 5.28. The van der Waals surface area contributed by atoms with Gasteiger partial charge >= 0.3 is 0 Å². The monoisotopic (exact) mass is 247 g/mol. The Labute approximate surface area is 110 Å². The summed E-state index contributed by atoms with van der Waals surface area (Å²) < 4.78 is 2.29. The van der Waals surface area contributed by atoms with Gasteiger partial charge < -0.3 is 4.90 Å². The predicted molar refractivity (Wildman–Crippen MR) is 74.1 cm³/mol. The van der Waals surface area contributed by atoms with E-state index in [1.54, 1.807) is 5.56 Å². The van der Waals surface area contributed by atoms with Crippen molar-refractivity contribution in [3.05, 3.63) is 17.5 Å². The summed E-state index contributed by atoms with van der Waals surface area (Å²) in [6.07, 6.45) is 7.61. The number of rotatable bonds is 3. The van der Waals surface area contributed by atoms with Crippen molar-refractivity contribution in [2.45, 2.75) is 57.4 Å². The molecule has 0 amide bonds. The first-order valence-electron chi connectivity index (χ1n) is 7.42. The summed E-state index contributed by atoms with van der Waals surface area (Å²) in [7, 11) is 2.22. The van der Waals surface area contributed by atoms with Crippen LogP contribution in [0.2, 0.25) is 0 Å². The fraction of sp³-hybridized carbons (Fsp3) is 0.800. The lowest BCUT2D eigenvalue weighted by molar-refractivity contribution is 0.212. The Balaban J connectivity index is 1.81. The molecule has 0 N–H and O–H groups in total. The van der Waals surface area contributed by atoms with E-state index in [0.717, 1.165) is 5.92 Å². The van der Waals surface area contributed by atoms with Crippen molar-refractivity contribution in [3.8, 4) is 0 Å². The Morgan fingerprint density at radius 1 is 1.17 bits per heavy atom. The van der Waals surface area contributed by atoms with E-state index in [0.29, 0.717) is 12.0 Å². The number of hydrogen-bond acceptors (Lipinski definition) is 2. The number of aromatic nitrogens is 2. The van der Waals surface area contributed by atoms with Gasteiger partial charge in [0.15, 0.2) is 0 Å². The molecule has 1 aliphatic heterocycles. The minimum absolute atomic E-state index is 0.563. The second-order valence-corrected chi connectivity index (χ2v) is 6.41. The number of hydrogen-bond donors (Lipinski definition) is 0. The van der Waals surface area contributed by atoms with E-state index in [1.807, 2.05) is 0 Å². The molecule has 0 unspecified atom stereocenters. The van der Waals surface area contributed by atoms with E-state index in [2.05, 4.69) is 36.7 Å². The molecular weight excluding hydrogens is 222 g/mol. The maximum atomic E-state index is 4.92. The third-order valence-electron chi connectivity index (χ3n) is 4.42. The van der Waals surface area contributed by atoms with Gasteiger partial charge in [0.05, 0.1) is 11.7 Å². The van der Waals surface area contributed by atoms with Gasteiger partial charge in [0.25, 0.3) is 0 Å². The van der Waals surface area contributed by atoms with Gasteiger partial charge in [0.1, 0.15) is 0 Å². The van der Waals surface area contributed by atoms with E-state index < -0.39 is 0 Å². The summed E-state index contributed by atoms with van der Waals surface area (Å²) in [6.45, 7) is 6.96. The van der Waals surface area contributed by atoms with Crippen molar-refractivity contribution in [1.82, 2.24) is 14.7 Å². The maximum absolute atomic E-state index is 4.92. The van der Waals surface area contributed by atoms with Crippen LogP contribution in [0.4, 0.5) is 0 Å². The molecule has 2 aliphatic rings. The van der Waals surface area contributed by atoms with Gasteiger partial charge in [-0.2, -0.15) is 5.10 Å². The van der Waals surface area contributed by atoms with Gasteiger partial charge in [-0.05, 0) is 63.2 Å². The predicted octanol–water partition coefficient (Wildman–Crippen LogP) is 3.15. The van der Waals surface area contributed by atoms with Crippen LogP contribution in [0.1, 0.15) is 68.7 Å². The molecule has 0 radical (unpaired) electrons. The molecule has 100 valence electrons. The second kappa shape index (κ2) is 4.69. The van der Waals surface area contributed by atoms with Crippen LogP contribution in [-0.4, -0.2) is 34.8 Å². The molecule has 1 saturated carbocycles. The number of piperidine rings is 1. The Kier molecular flexibility index (Phi) is 3.18. The average molecular weight is 247 g/mol. The largest absolute Gasteiger partial charge is 0.306 e. The smallest absolute Gasteiger partial charge is 0.0684 e. The normalized spacial score (nSPS) is 22.9. The molecule has 1 saturated heterocycles. The van der Waals surface area contributed by atoms with Gasteiger partial charge in [-0.15, -0.1) is 0 Å². The zero-order chi connectivity index (χ0) is 12.7. The molecule has 1 aromatic heterocycles. The van der Waals surface area contributed by atoms with Gasteiger partial charge in [-0.3, -0.25) is 4.68 Å². The highest BCUT2D eigenvalue weighted by atomic mass is 15.3. The van der Waals surface area contributed by atoms with Crippen LogP contribution in [0.25, 0.3) is 0 Å². The SMILES string of the molecule is CC(C)c1nn(C2CCN(C)CC2)cc1C1CC1. The summed E-state index contributed by atoms with van der Waals surface area (Å²) >= 11 is 0. The highest BCUT2D eigenvalue weighted by Crippen LogP contribution is 2.43. The van der Waals surface area contributed by atoms with Crippen LogP contribution in [0.5, 0.6) is 0 Å². The lowest BCUT2D eigenvalue weighted by Crippen LogP contribution is -2.31. The van der Waals surface area contributed by atoms with Crippen molar-refractivity contribution in [2.75, 3.05) is 20.1 Å². The van der Waals surface area contributed by atoms with Gasteiger partial charge in [0, 0.05) is 6.20 Å². The van der Waals surface area contributed by atoms with Crippen LogP contribution in [0.15, 0.2) is 6.20 Å². The molecule has 18 heavy (non-hydrogen) atoms. The van der Waals surface area contributed by atoms with E-state index in [9.17, 15) is 0 Å². The zero-order valence-corrected chi connectivity index (χ0v) is 11.9. The Hall–Kier alpha value is -0.830. The second-order valence-electron chi connectivity index (χ2n) is 6.41. The van der Waals surface area contributed by atoms with Crippen molar-refractivity contribution >= 4 is 0 Å². The van der Waals surface area contributed by atoms with Crippen LogP contribution < -0.4 is 0 Å². The fourth-order valence-corrected chi connectivity index (χ4v) is 3.02. The first-order chi connectivity index (χ1) is 8.65. The fourth-order valence-electron chi connectivity index (χ4n) is 3.02. The molecule has 1 aliphatic carbocycles. The minimum Gasteiger partial charge on any atom is -0.306 e. The van der Waals surface area contributed by atoms with E-state index >= 15 is 0 Å². The summed E-state index contributed by atoms with van der Waals surface area (Å²) in [4.78, 5) is 2.42. The van der Waals surface area contributed by atoms with Crippen molar-refractivity contribution in [3.63, 3.8) is 0 Å². The van der Waals surface area contributed by atoms with Crippen molar-refractivity contribution in [1.29, 1.82) is 0 Å². The van der Waals surface area contributed by atoms with Crippen LogP contribution in [-0.2, 0) is 0 Å². The summed E-state index contributed by atoms with van der Waals surface area (Å²) in [6, 6.07) is 0.631. The Morgan fingerprint density at radius 3 is 2.39 bits per heavy atom. The van der Waals surface area contributed by atoms with E-state index in [1.165, 1.54) is 44.5 Å². The molecule has 3 rings (SSSR count). The first-order valence-corrected chi connectivity index (χ1v) is 7.42. The third kappa shape index (κ3) is 2.33. The topological polar surface area (TPSA) is 21.1 Å². The quantitative estimate of drug-likeness (QED) is 0.818. The Bertz CT molecular complexity index is 390. The van der Waals surface area contributed by atoms with Gasteiger partial charge in [-0.1, -0.05) is 13.8 Å². The summed E-state index contributed by atoms with van der Waals surface area (Å²) in [5.74, 6) is 1.38. The molecule has 1 aromatic rings. The molecular formula is C15H25N3. The Morgan fingerprint density at radius 2 is 1.83 bits per heavy atom. The summed E-state index contributed by atoms with van der Waals surface area (Å²) in [5.41, 5.74) is 2.90. The van der Waals surface area contributed by atoms with Gasteiger partial charge in [0.2, 0.25) is 0 Å². The molecule has 3 heteroatoms. The van der Waals surface area contributed by atoms with E-state index in [-0.39, 0.29) is 0 Å². The molecule has 0 atom stereocenters. The van der Waals surface area contributed by atoms with Gasteiger partial charge in [-0.25, -0.2) is 0 Å². The molecule has 0 aromatic carbocycles. The molecule has 0 spiro atoms. The lowest BCUT2D eigenvalue weighted by atomic mass is 10.0. The molecule has 2 heterocycles. The molecule has 3 nitrogen and oxygen atoms in total. The summed E-state index contributed by atoms with van der Waals surface area (Å²) in [5, 5.41) is 4.92. The van der Waals surface area contributed by atoms with Crippen LogP contribution in [0, 0.1) is 0 Å². The molecule has 2 fully saturated rings. The highest BCUT2D eigenvalue weighted by Gasteiger charge is 2.30. The number of nitrogens with zero attached hydrogens (tertiary/aromatic N) is 3. The van der Waals surface area contributed by atoms with Crippen LogP contribution in [0.3, 0.4) is 0 Å².